The molecule has 1 aromatic rings. The zero-order valence-electron chi connectivity index (χ0n) is 10.4. The van der Waals surface area contributed by atoms with Gasteiger partial charge in [0.25, 0.3) is 0 Å². The number of para-hydroxylation sites is 1. The Kier molecular flexibility index (Phi) is 4.36. The number of rotatable bonds is 4. The Labute approximate surface area is 102 Å². The molecule has 1 atom stereocenters. The second-order valence-electron chi connectivity index (χ2n) is 4.35. The van der Waals surface area contributed by atoms with E-state index in [0.717, 1.165) is 38.6 Å². The number of morpholine rings is 1. The third kappa shape index (κ3) is 2.77. The molecule has 0 radical (unpaired) electrons. The van der Waals surface area contributed by atoms with Crippen LogP contribution in [0.15, 0.2) is 24.3 Å². The first kappa shape index (κ1) is 12.4. The van der Waals surface area contributed by atoms with Crippen molar-refractivity contribution < 1.29 is 20.1 Å². The van der Waals surface area contributed by atoms with Crippen LogP contribution in [0.5, 0.6) is 5.75 Å². The van der Waals surface area contributed by atoms with Crippen LogP contribution < -0.4 is 15.4 Å². The third-order valence-corrected chi connectivity index (χ3v) is 3.43. The summed E-state index contributed by atoms with van der Waals surface area (Å²) >= 11 is 0. The molecule has 4 N–H and O–H groups in total. The molecule has 1 aliphatic rings. The molecule has 2 rings (SSSR count). The Morgan fingerprint density at radius 2 is 2.06 bits per heavy atom. The van der Waals surface area contributed by atoms with E-state index in [1.54, 1.807) is 12.0 Å². The number of ether oxygens (including phenoxy) is 2. The van der Waals surface area contributed by atoms with Crippen molar-refractivity contribution in [3.8, 4) is 5.75 Å². The summed E-state index contributed by atoms with van der Waals surface area (Å²) in [6.45, 7) is 4.69. The van der Waals surface area contributed by atoms with Crippen molar-refractivity contribution in [2.45, 2.75) is 6.04 Å². The number of nitrogens with one attached hydrogen (secondary N) is 1. The molecular weight excluding hydrogens is 216 g/mol. The van der Waals surface area contributed by atoms with E-state index in [2.05, 4.69) is 17.9 Å². The molecule has 1 saturated heterocycles. The van der Waals surface area contributed by atoms with Crippen LogP contribution in [-0.2, 0) is 4.74 Å². The Bertz CT molecular complexity index is 351. The van der Waals surface area contributed by atoms with E-state index >= 15 is 0 Å². The zero-order valence-corrected chi connectivity index (χ0v) is 10.4. The van der Waals surface area contributed by atoms with E-state index in [0.29, 0.717) is 6.04 Å². The highest BCUT2D eigenvalue weighted by Crippen LogP contribution is 2.22. The molecule has 0 aliphatic carbocycles. The van der Waals surface area contributed by atoms with Crippen molar-refractivity contribution in [3.63, 3.8) is 0 Å². The third-order valence-electron chi connectivity index (χ3n) is 3.43. The predicted octanol–water partition coefficient (Wildman–Crippen LogP) is -1.11. The summed E-state index contributed by atoms with van der Waals surface area (Å²) in [5.74, 6) is 0.972. The lowest BCUT2D eigenvalue weighted by Gasteiger charge is -2.30. The maximum atomic E-state index is 5.45. The lowest BCUT2D eigenvalue weighted by atomic mass is 10.0. The molecule has 17 heavy (non-hydrogen) atoms. The summed E-state index contributed by atoms with van der Waals surface area (Å²) in [6, 6.07) is 8.67. The maximum absolute atomic E-state index is 5.45. The van der Waals surface area contributed by atoms with Crippen LogP contribution in [0.4, 0.5) is 0 Å². The summed E-state index contributed by atoms with van der Waals surface area (Å²) in [4.78, 5) is 1.55. The topological polar surface area (TPSA) is 50.5 Å². The molecule has 0 bridgehead atoms. The first-order chi connectivity index (χ1) is 8.36. The number of benzene rings is 1. The van der Waals surface area contributed by atoms with Crippen molar-refractivity contribution >= 4 is 0 Å². The van der Waals surface area contributed by atoms with Gasteiger partial charge in [0.2, 0.25) is 0 Å². The van der Waals surface area contributed by atoms with Gasteiger partial charge in [-0.1, -0.05) is 12.1 Å². The summed E-state index contributed by atoms with van der Waals surface area (Å²) in [6.07, 6.45) is 0. The molecule has 4 nitrogen and oxygen atoms in total. The average molecular weight is 238 g/mol. The maximum Gasteiger partial charge on any atom is 0.166 e. The van der Waals surface area contributed by atoms with Gasteiger partial charge in [0, 0.05) is 0 Å². The van der Waals surface area contributed by atoms with Crippen molar-refractivity contribution in [2.24, 2.45) is 0 Å². The minimum Gasteiger partial charge on any atom is -0.496 e. The van der Waals surface area contributed by atoms with Crippen LogP contribution in [0.25, 0.3) is 0 Å². The lowest BCUT2D eigenvalue weighted by Crippen LogP contribution is -3.15. The molecule has 0 unspecified atom stereocenters. The second kappa shape index (κ2) is 6.00. The summed E-state index contributed by atoms with van der Waals surface area (Å²) in [5, 5.41) is 0. The minimum absolute atomic E-state index is 0.412. The van der Waals surface area contributed by atoms with Crippen LogP contribution in [0.2, 0.25) is 0 Å². The molecule has 1 fully saturated rings. The quantitative estimate of drug-likeness (QED) is 0.699. The van der Waals surface area contributed by atoms with Crippen LogP contribution in [0.3, 0.4) is 0 Å². The van der Waals surface area contributed by atoms with E-state index < -0.39 is 0 Å². The summed E-state index contributed by atoms with van der Waals surface area (Å²) in [7, 11) is 1.73. The highest BCUT2D eigenvalue weighted by Gasteiger charge is 2.28. The van der Waals surface area contributed by atoms with E-state index in [9.17, 15) is 0 Å². The van der Waals surface area contributed by atoms with Crippen molar-refractivity contribution in [1.29, 1.82) is 0 Å². The highest BCUT2D eigenvalue weighted by atomic mass is 16.5. The van der Waals surface area contributed by atoms with Crippen LogP contribution in [0.1, 0.15) is 11.6 Å². The summed E-state index contributed by atoms with van der Waals surface area (Å²) < 4.78 is 10.9. The fourth-order valence-corrected chi connectivity index (χ4v) is 2.52. The highest BCUT2D eigenvalue weighted by molar-refractivity contribution is 5.34. The van der Waals surface area contributed by atoms with Crippen LogP contribution >= 0.6 is 0 Å². The molecule has 94 valence electrons. The van der Waals surface area contributed by atoms with Crippen LogP contribution in [-0.4, -0.2) is 40.0 Å². The van der Waals surface area contributed by atoms with Gasteiger partial charge in [-0.3, -0.25) is 0 Å². The first-order valence-electron chi connectivity index (χ1n) is 6.21. The average Bonchev–Trinajstić information content (AvgIpc) is 2.41. The molecular formula is C13H22N2O2+2. The van der Waals surface area contributed by atoms with Gasteiger partial charge in [0.1, 0.15) is 25.4 Å². The first-order valence-corrected chi connectivity index (χ1v) is 6.21. The smallest absolute Gasteiger partial charge is 0.166 e. The molecule has 4 heteroatoms. The number of methoxy groups -OCH3 is 1. The number of hydrogen-bond donors (Lipinski definition) is 2. The van der Waals surface area contributed by atoms with E-state index in [-0.39, 0.29) is 0 Å². The van der Waals surface area contributed by atoms with Gasteiger partial charge in [-0.15, -0.1) is 0 Å². The second-order valence-corrected chi connectivity index (χ2v) is 4.35. The Morgan fingerprint density at radius 3 is 2.71 bits per heavy atom. The lowest BCUT2D eigenvalue weighted by molar-refractivity contribution is -0.944. The van der Waals surface area contributed by atoms with Gasteiger partial charge in [0.05, 0.1) is 25.9 Å². The zero-order chi connectivity index (χ0) is 12.1. The number of hydrogen-bond acceptors (Lipinski definition) is 2. The molecule has 0 spiro atoms. The van der Waals surface area contributed by atoms with Gasteiger partial charge in [-0.25, -0.2) is 0 Å². The Hall–Kier alpha value is -1.10. The van der Waals surface area contributed by atoms with Gasteiger partial charge >= 0.3 is 0 Å². The monoisotopic (exact) mass is 238 g/mol. The van der Waals surface area contributed by atoms with Crippen LogP contribution in [0, 0.1) is 0 Å². The van der Waals surface area contributed by atoms with E-state index in [1.165, 1.54) is 5.56 Å². The fraction of sp³-hybridized carbons (Fsp3) is 0.538. The fourth-order valence-electron chi connectivity index (χ4n) is 2.52. The van der Waals surface area contributed by atoms with Crippen molar-refractivity contribution in [3.05, 3.63) is 29.8 Å². The van der Waals surface area contributed by atoms with Gasteiger partial charge in [-0.05, 0) is 12.1 Å². The van der Waals surface area contributed by atoms with E-state index in [1.807, 2.05) is 12.1 Å². The molecule has 1 aromatic carbocycles. The Morgan fingerprint density at radius 1 is 1.35 bits per heavy atom. The largest absolute Gasteiger partial charge is 0.496 e. The van der Waals surface area contributed by atoms with Crippen molar-refractivity contribution in [1.82, 2.24) is 0 Å². The van der Waals surface area contributed by atoms with Gasteiger partial charge < -0.3 is 20.1 Å². The van der Waals surface area contributed by atoms with Gasteiger partial charge in [-0.2, -0.15) is 0 Å². The number of quaternary nitrogens is 2. The standard InChI is InChI=1S/C13H20N2O2/c1-16-13-5-3-2-4-11(13)12(10-14)15-6-8-17-9-7-15/h2-5,12H,6-10,14H2,1H3/p+2/t12-/m0/s1. The normalized spacial score (nSPS) is 18.9. The van der Waals surface area contributed by atoms with Crippen molar-refractivity contribution in [2.75, 3.05) is 40.0 Å². The molecule has 1 heterocycles. The minimum atomic E-state index is 0.412. The molecule has 0 amide bonds. The van der Waals surface area contributed by atoms with Gasteiger partial charge in [0.15, 0.2) is 6.04 Å². The van der Waals surface area contributed by atoms with E-state index in [4.69, 9.17) is 9.47 Å². The Balaban J connectivity index is 2.21. The predicted molar refractivity (Wildman–Crippen MR) is 65.0 cm³/mol. The molecule has 0 saturated carbocycles. The SMILES string of the molecule is COc1ccccc1[C@H](C[NH3+])[NH+]1CCOCC1. The molecule has 0 aromatic heterocycles. The summed E-state index contributed by atoms with van der Waals surface area (Å²) in [5.41, 5.74) is 5.36. The molecule has 1 aliphatic heterocycles.